The van der Waals surface area contributed by atoms with Gasteiger partial charge in [-0.2, -0.15) is 0 Å². The van der Waals surface area contributed by atoms with Crippen molar-refractivity contribution < 1.29 is 9.59 Å². The smallest absolute Gasteiger partial charge is 0.252 e. The highest BCUT2D eigenvalue weighted by atomic mass is 35.5. The van der Waals surface area contributed by atoms with Gasteiger partial charge in [-0.05, 0) is 25.1 Å². The van der Waals surface area contributed by atoms with E-state index in [1.54, 1.807) is 19.1 Å². The van der Waals surface area contributed by atoms with Crippen molar-refractivity contribution in [2.75, 3.05) is 12.4 Å². The molecule has 0 aliphatic rings. The normalized spacial score (nSPS) is 11.1. The summed E-state index contributed by atoms with van der Waals surface area (Å²) in [5, 5.41) is 5.37. The molecule has 0 saturated carbocycles. The first-order valence-electron chi connectivity index (χ1n) is 5.03. The lowest BCUT2D eigenvalue weighted by Gasteiger charge is -2.10. The maximum absolute atomic E-state index is 11.5. The van der Waals surface area contributed by atoms with Crippen molar-refractivity contribution in [2.45, 2.75) is 13.0 Å². The highest BCUT2D eigenvalue weighted by Crippen LogP contribution is 2.20. The number of nitrogens with one attached hydrogen (secondary N) is 2. The van der Waals surface area contributed by atoms with Crippen LogP contribution in [0.25, 0.3) is 0 Å². The van der Waals surface area contributed by atoms with Gasteiger partial charge in [0.05, 0.1) is 16.6 Å². The molecule has 100 valence electrons. The first-order valence-corrected chi connectivity index (χ1v) is 5.41. The van der Waals surface area contributed by atoms with Crippen LogP contribution in [-0.2, 0) is 4.79 Å². The Labute approximate surface area is 116 Å². The summed E-state index contributed by atoms with van der Waals surface area (Å²) in [6.07, 6.45) is 0. The summed E-state index contributed by atoms with van der Waals surface area (Å²) < 4.78 is 0. The minimum absolute atomic E-state index is 0. The van der Waals surface area contributed by atoms with Crippen LogP contribution >= 0.6 is 24.0 Å². The van der Waals surface area contributed by atoms with E-state index in [2.05, 4.69) is 10.6 Å². The Morgan fingerprint density at radius 3 is 2.50 bits per heavy atom. The van der Waals surface area contributed by atoms with Gasteiger partial charge in [-0.15, -0.1) is 12.4 Å². The number of carbonyl (C=O) groups excluding carboxylic acids is 2. The zero-order chi connectivity index (χ0) is 13.0. The molecule has 2 amide bonds. The number of halogens is 2. The second-order valence-corrected chi connectivity index (χ2v) is 3.96. The SMILES string of the molecule is CNC(=O)c1cc(NC(=O)[C@@H](C)N)ccc1Cl.Cl. The molecule has 5 nitrogen and oxygen atoms in total. The number of benzene rings is 1. The molecule has 0 fully saturated rings. The van der Waals surface area contributed by atoms with E-state index >= 15 is 0 Å². The Balaban J connectivity index is 0.00000289. The van der Waals surface area contributed by atoms with E-state index in [1.165, 1.54) is 13.1 Å². The summed E-state index contributed by atoms with van der Waals surface area (Å²) in [6.45, 7) is 1.57. The molecular formula is C11H15Cl2N3O2. The van der Waals surface area contributed by atoms with Crippen molar-refractivity contribution in [3.63, 3.8) is 0 Å². The van der Waals surface area contributed by atoms with Gasteiger partial charge in [0.15, 0.2) is 0 Å². The second kappa shape index (κ2) is 7.20. The molecule has 0 unspecified atom stereocenters. The molecule has 0 spiro atoms. The van der Waals surface area contributed by atoms with Crippen molar-refractivity contribution in [1.82, 2.24) is 5.32 Å². The van der Waals surface area contributed by atoms with Crippen LogP contribution in [0.15, 0.2) is 18.2 Å². The van der Waals surface area contributed by atoms with E-state index < -0.39 is 6.04 Å². The topological polar surface area (TPSA) is 84.2 Å². The summed E-state index contributed by atoms with van der Waals surface area (Å²) in [6, 6.07) is 4.04. The van der Waals surface area contributed by atoms with Crippen LogP contribution in [0.4, 0.5) is 5.69 Å². The molecule has 1 atom stereocenters. The minimum atomic E-state index is -0.617. The summed E-state index contributed by atoms with van der Waals surface area (Å²) in [5.41, 5.74) is 6.20. The second-order valence-electron chi connectivity index (χ2n) is 3.55. The quantitative estimate of drug-likeness (QED) is 0.787. The minimum Gasteiger partial charge on any atom is -0.355 e. The van der Waals surface area contributed by atoms with Crippen LogP contribution in [0.1, 0.15) is 17.3 Å². The third-order valence-corrected chi connectivity index (χ3v) is 2.45. The average Bonchev–Trinajstić information content (AvgIpc) is 2.30. The van der Waals surface area contributed by atoms with Gasteiger partial charge < -0.3 is 16.4 Å². The van der Waals surface area contributed by atoms with E-state index in [1.807, 2.05) is 0 Å². The fraction of sp³-hybridized carbons (Fsp3) is 0.273. The molecule has 1 aromatic rings. The fourth-order valence-corrected chi connectivity index (χ4v) is 1.37. The van der Waals surface area contributed by atoms with Gasteiger partial charge in [-0.1, -0.05) is 11.6 Å². The van der Waals surface area contributed by atoms with Crippen LogP contribution in [0.5, 0.6) is 0 Å². The third-order valence-electron chi connectivity index (χ3n) is 2.12. The molecule has 0 aromatic heterocycles. The fourth-order valence-electron chi connectivity index (χ4n) is 1.17. The van der Waals surface area contributed by atoms with Crippen LogP contribution in [0, 0.1) is 0 Å². The van der Waals surface area contributed by atoms with E-state index in [0.29, 0.717) is 16.3 Å². The van der Waals surface area contributed by atoms with Gasteiger partial charge in [-0.3, -0.25) is 9.59 Å². The first kappa shape index (κ1) is 16.7. The van der Waals surface area contributed by atoms with Crippen molar-refractivity contribution >= 4 is 41.5 Å². The van der Waals surface area contributed by atoms with Crippen molar-refractivity contribution in [1.29, 1.82) is 0 Å². The van der Waals surface area contributed by atoms with Gasteiger partial charge >= 0.3 is 0 Å². The predicted octanol–water partition coefficient (Wildman–Crippen LogP) is 1.41. The number of hydrogen-bond donors (Lipinski definition) is 3. The van der Waals surface area contributed by atoms with Crippen molar-refractivity contribution in [3.05, 3.63) is 28.8 Å². The van der Waals surface area contributed by atoms with E-state index in [9.17, 15) is 9.59 Å². The highest BCUT2D eigenvalue weighted by Gasteiger charge is 2.12. The first-order chi connectivity index (χ1) is 7.95. The Kier molecular flexibility index (Phi) is 6.68. The lowest BCUT2D eigenvalue weighted by Crippen LogP contribution is -2.32. The zero-order valence-electron chi connectivity index (χ0n) is 9.99. The van der Waals surface area contributed by atoms with E-state index in [0.717, 1.165) is 0 Å². The molecule has 18 heavy (non-hydrogen) atoms. The Morgan fingerprint density at radius 1 is 1.39 bits per heavy atom. The number of nitrogens with two attached hydrogens (primary N) is 1. The zero-order valence-corrected chi connectivity index (χ0v) is 11.6. The standard InChI is InChI=1S/C11H14ClN3O2.ClH/c1-6(13)10(16)15-7-3-4-9(12)8(5-7)11(17)14-2;/h3-6H,13H2,1-2H3,(H,14,17)(H,15,16);1H/t6-;/m1./s1. The number of rotatable bonds is 3. The highest BCUT2D eigenvalue weighted by molar-refractivity contribution is 6.34. The van der Waals surface area contributed by atoms with Gasteiger partial charge in [0.2, 0.25) is 5.91 Å². The van der Waals surface area contributed by atoms with Gasteiger partial charge in [-0.25, -0.2) is 0 Å². The average molecular weight is 292 g/mol. The summed E-state index contributed by atoms with van der Waals surface area (Å²) in [5.74, 6) is -0.637. The van der Waals surface area contributed by atoms with Crippen LogP contribution < -0.4 is 16.4 Å². The van der Waals surface area contributed by atoms with Crippen LogP contribution in [0.3, 0.4) is 0 Å². The van der Waals surface area contributed by atoms with E-state index in [4.69, 9.17) is 17.3 Å². The van der Waals surface area contributed by atoms with Gasteiger partial charge in [0.25, 0.3) is 5.91 Å². The monoisotopic (exact) mass is 291 g/mol. The third kappa shape index (κ3) is 4.18. The molecule has 4 N–H and O–H groups in total. The Hall–Kier alpha value is -1.30. The molecule has 0 bridgehead atoms. The molecule has 0 saturated heterocycles. The van der Waals surface area contributed by atoms with Gasteiger partial charge in [0.1, 0.15) is 0 Å². The molecule has 0 radical (unpaired) electrons. The van der Waals surface area contributed by atoms with Gasteiger partial charge in [0, 0.05) is 12.7 Å². The lowest BCUT2D eigenvalue weighted by atomic mass is 10.2. The predicted molar refractivity (Wildman–Crippen MR) is 74.4 cm³/mol. The molecular weight excluding hydrogens is 277 g/mol. The molecule has 1 rings (SSSR count). The molecule has 1 aromatic carbocycles. The maximum Gasteiger partial charge on any atom is 0.252 e. The number of carbonyl (C=O) groups is 2. The number of amides is 2. The number of anilines is 1. The summed E-state index contributed by atoms with van der Waals surface area (Å²) in [7, 11) is 1.51. The van der Waals surface area contributed by atoms with Crippen molar-refractivity contribution in [2.24, 2.45) is 5.73 Å². The molecule has 0 aliphatic carbocycles. The van der Waals surface area contributed by atoms with Crippen LogP contribution in [0.2, 0.25) is 5.02 Å². The largest absolute Gasteiger partial charge is 0.355 e. The Morgan fingerprint density at radius 2 is 2.00 bits per heavy atom. The lowest BCUT2D eigenvalue weighted by molar-refractivity contribution is -0.117. The van der Waals surface area contributed by atoms with Crippen molar-refractivity contribution in [3.8, 4) is 0 Å². The summed E-state index contributed by atoms with van der Waals surface area (Å²) in [4.78, 5) is 22.9. The van der Waals surface area contributed by atoms with Crippen LogP contribution in [-0.4, -0.2) is 24.9 Å². The summed E-state index contributed by atoms with van der Waals surface area (Å²) >= 11 is 5.87. The maximum atomic E-state index is 11.5. The molecule has 0 heterocycles. The molecule has 7 heteroatoms. The van der Waals surface area contributed by atoms with E-state index in [-0.39, 0.29) is 24.2 Å². The Bertz CT molecular complexity index is 450. The number of hydrogen-bond acceptors (Lipinski definition) is 3. The molecule has 0 aliphatic heterocycles.